The summed E-state index contributed by atoms with van der Waals surface area (Å²) in [5.74, 6) is -0.239. The highest BCUT2D eigenvalue weighted by Gasteiger charge is 2.35. The molecule has 1 N–H and O–H groups in total. The van der Waals surface area contributed by atoms with Gasteiger partial charge in [-0.2, -0.15) is 0 Å². The molecule has 1 aromatic rings. The first-order valence-corrected chi connectivity index (χ1v) is 7.54. The van der Waals surface area contributed by atoms with E-state index in [4.69, 9.17) is 11.6 Å². The van der Waals surface area contributed by atoms with Crippen molar-refractivity contribution in [2.75, 3.05) is 11.5 Å². The van der Waals surface area contributed by atoms with E-state index < -0.39 is 15.2 Å². The molecule has 1 aromatic carbocycles. The molecule has 2 rings (SSSR count). The lowest BCUT2D eigenvalue weighted by molar-refractivity contribution is 0.555. The van der Waals surface area contributed by atoms with Crippen LogP contribution in [-0.4, -0.2) is 31.3 Å². The number of nitrogens with one attached hydrogen (secondary N) is 1. The summed E-state index contributed by atoms with van der Waals surface area (Å²) in [5.41, 5.74) is 0.776. The molecular weight excluding hydrogens is 265 g/mol. The van der Waals surface area contributed by atoms with Gasteiger partial charge in [-0.15, -0.1) is 11.6 Å². The van der Waals surface area contributed by atoms with Crippen LogP contribution in [0.25, 0.3) is 0 Å². The van der Waals surface area contributed by atoms with E-state index in [1.807, 2.05) is 0 Å². The lowest BCUT2D eigenvalue weighted by Gasteiger charge is -2.14. The zero-order valence-electron chi connectivity index (χ0n) is 9.07. The predicted octanol–water partition coefficient (Wildman–Crippen LogP) is 1.32. The number of alkyl halides is 1. The van der Waals surface area contributed by atoms with Crippen LogP contribution >= 0.6 is 11.6 Å². The fraction of sp³-hybridized carbons (Fsp3) is 0.455. The lowest BCUT2D eigenvalue weighted by Crippen LogP contribution is -2.35. The van der Waals surface area contributed by atoms with E-state index in [0.717, 1.165) is 5.56 Å². The van der Waals surface area contributed by atoms with Crippen LogP contribution < -0.4 is 5.32 Å². The molecule has 1 saturated heterocycles. The molecular formula is C11H13ClFNO2S. The van der Waals surface area contributed by atoms with Crippen molar-refractivity contribution >= 4 is 21.4 Å². The molecule has 6 heteroatoms. The average Bonchev–Trinajstić information content (AvgIpc) is 2.49. The van der Waals surface area contributed by atoms with Gasteiger partial charge in [0.2, 0.25) is 0 Å². The summed E-state index contributed by atoms with van der Waals surface area (Å²) in [6.07, 6.45) is 0. The fourth-order valence-electron chi connectivity index (χ4n) is 1.89. The molecule has 94 valence electrons. The second-order valence-corrected chi connectivity index (χ2v) is 6.92. The Kier molecular flexibility index (Phi) is 3.70. The van der Waals surface area contributed by atoms with Crippen molar-refractivity contribution in [3.05, 3.63) is 35.6 Å². The van der Waals surface area contributed by atoms with Gasteiger partial charge in [0.15, 0.2) is 9.84 Å². The predicted molar refractivity (Wildman–Crippen MR) is 65.3 cm³/mol. The third-order valence-electron chi connectivity index (χ3n) is 2.74. The molecule has 2 atom stereocenters. The topological polar surface area (TPSA) is 46.2 Å². The van der Waals surface area contributed by atoms with Crippen LogP contribution in [0, 0.1) is 5.82 Å². The van der Waals surface area contributed by atoms with Crippen LogP contribution in [-0.2, 0) is 16.4 Å². The highest BCUT2D eigenvalue weighted by molar-refractivity contribution is 7.91. The Morgan fingerprint density at radius 2 is 2.18 bits per heavy atom. The Labute approximate surface area is 105 Å². The van der Waals surface area contributed by atoms with Crippen molar-refractivity contribution in [3.8, 4) is 0 Å². The van der Waals surface area contributed by atoms with Crippen molar-refractivity contribution in [2.24, 2.45) is 0 Å². The summed E-state index contributed by atoms with van der Waals surface area (Å²) in [7, 11) is -3.03. The van der Waals surface area contributed by atoms with Crippen molar-refractivity contribution in [2.45, 2.75) is 18.0 Å². The largest absolute Gasteiger partial charge is 0.307 e. The molecule has 0 aromatic heterocycles. The summed E-state index contributed by atoms with van der Waals surface area (Å²) in [4.78, 5) is 0. The number of benzene rings is 1. The SMILES string of the molecule is O=S1(=O)C[C@H](NCc2cccc(F)c2)[C@@H](Cl)C1. The van der Waals surface area contributed by atoms with E-state index in [0.29, 0.717) is 6.54 Å². The summed E-state index contributed by atoms with van der Waals surface area (Å²) in [6, 6.07) is 5.93. The minimum absolute atomic E-state index is 0.00930. The molecule has 0 radical (unpaired) electrons. The van der Waals surface area contributed by atoms with E-state index in [-0.39, 0.29) is 23.4 Å². The Morgan fingerprint density at radius 3 is 2.76 bits per heavy atom. The van der Waals surface area contributed by atoms with Gasteiger partial charge in [-0.25, -0.2) is 12.8 Å². The molecule has 1 fully saturated rings. The van der Waals surface area contributed by atoms with Crippen LogP contribution in [0.2, 0.25) is 0 Å². The van der Waals surface area contributed by atoms with Gasteiger partial charge >= 0.3 is 0 Å². The number of hydrogen-bond donors (Lipinski definition) is 1. The maximum Gasteiger partial charge on any atom is 0.153 e. The highest BCUT2D eigenvalue weighted by Crippen LogP contribution is 2.18. The first kappa shape index (κ1) is 12.8. The lowest BCUT2D eigenvalue weighted by atomic mass is 10.2. The number of sulfone groups is 1. The van der Waals surface area contributed by atoms with Gasteiger partial charge in [0.1, 0.15) is 5.82 Å². The normalized spacial score (nSPS) is 27.2. The van der Waals surface area contributed by atoms with Crippen LogP contribution in [0.15, 0.2) is 24.3 Å². The molecule has 1 aliphatic rings. The minimum atomic E-state index is -3.03. The second-order valence-electron chi connectivity index (χ2n) is 4.21. The molecule has 3 nitrogen and oxygen atoms in total. The third-order valence-corrected chi connectivity index (χ3v) is 5.12. The molecule has 0 saturated carbocycles. The molecule has 1 heterocycles. The van der Waals surface area contributed by atoms with Crippen LogP contribution in [0.4, 0.5) is 4.39 Å². The van der Waals surface area contributed by atoms with E-state index in [9.17, 15) is 12.8 Å². The van der Waals surface area contributed by atoms with Crippen molar-refractivity contribution in [1.29, 1.82) is 0 Å². The zero-order valence-corrected chi connectivity index (χ0v) is 10.6. The molecule has 0 unspecified atom stereocenters. The van der Waals surface area contributed by atoms with E-state index in [1.165, 1.54) is 12.1 Å². The monoisotopic (exact) mass is 277 g/mol. The molecule has 17 heavy (non-hydrogen) atoms. The van der Waals surface area contributed by atoms with E-state index in [1.54, 1.807) is 12.1 Å². The van der Waals surface area contributed by atoms with Crippen molar-refractivity contribution in [1.82, 2.24) is 5.32 Å². The Hall–Kier alpha value is -0.650. The molecule has 0 bridgehead atoms. The zero-order chi connectivity index (χ0) is 12.5. The van der Waals surface area contributed by atoms with Gasteiger partial charge in [0, 0.05) is 12.6 Å². The van der Waals surface area contributed by atoms with Gasteiger partial charge in [0.05, 0.1) is 16.9 Å². The number of hydrogen-bond acceptors (Lipinski definition) is 3. The first-order valence-electron chi connectivity index (χ1n) is 5.28. The molecule has 0 amide bonds. The highest BCUT2D eigenvalue weighted by atomic mass is 35.5. The van der Waals surface area contributed by atoms with E-state index in [2.05, 4.69) is 5.32 Å². The summed E-state index contributed by atoms with van der Waals surface area (Å²) in [5, 5.41) is 2.64. The second kappa shape index (κ2) is 4.92. The van der Waals surface area contributed by atoms with E-state index >= 15 is 0 Å². The smallest absolute Gasteiger partial charge is 0.153 e. The van der Waals surface area contributed by atoms with Gasteiger partial charge < -0.3 is 5.32 Å². The first-order chi connectivity index (χ1) is 7.96. The number of halogens is 2. The summed E-state index contributed by atoms with van der Waals surface area (Å²) >= 11 is 5.94. The minimum Gasteiger partial charge on any atom is -0.307 e. The standard InChI is InChI=1S/C11H13ClFNO2S/c12-10-6-17(15,16)7-11(10)14-5-8-2-1-3-9(13)4-8/h1-4,10-11,14H,5-7H2/t10-,11-/m0/s1. The van der Waals surface area contributed by atoms with Gasteiger partial charge in [-0.05, 0) is 17.7 Å². The van der Waals surface area contributed by atoms with Gasteiger partial charge in [-0.3, -0.25) is 0 Å². The quantitative estimate of drug-likeness (QED) is 0.848. The summed E-state index contributed by atoms with van der Waals surface area (Å²) < 4.78 is 35.6. The Bertz CT molecular complexity index is 506. The van der Waals surface area contributed by atoms with Crippen LogP contribution in [0.5, 0.6) is 0 Å². The molecule has 0 aliphatic carbocycles. The summed E-state index contributed by atoms with van der Waals surface area (Å²) in [6.45, 7) is 0.418. The Balaban J connectivity index is 1.95. The van der Waals surface area contributed by atoms with Crippen molar-refractivity contribution in [3.63, 3.8) is 0 Å². The van der Waals surface area contributed by atoms with Crippen molar-refractivity contribution < 1.29 is 12.8 Å². The Morgan fingerprint density at radius 1 is 1.41 bits per heavy atom. The third kappa shape index (κ3) is 3.40. The number of rotatable bonds is 3. The molecule has 1 aliphatic heterocycles. The van der Waals surface area contributed by atoms with Gasteiger partial charge in [-0.1, -0.05) is 12.1 Å². The van der Waals surface area contributed by atoms with Crippen LogP contribution in [0.3, 0.4) is 0 Å². The maximum absolute atomic E-state index is 12.9. The average molecular weight is 278 g/mol. The van der Waals surface area contributed by atoms with Gasteiger partial charge in [0.25, 0.3) is 0 Å². The molecule has 0 spiro atoms. The fourth-order valence-corrected chi connectivity index (χ4v) is 4.50. The van der Waals surface area contributed by atoms with Crippen LogP contribution in [0.1, 0.15) is 5.56 Å². The maximum atomic E-state index is 12.9.